The van der Waals surface area contributed by atoms with Gasteiger partial charge < -0.3 is 10.7 Å². The number of hydrogen-bond acceptors (Lipinski definition) is 4. The number of hydrogen-bond donors (Lipinski definition) is 3. The van der Waals surface area contributed by atoms with Crippen LogP contribution in [0.2, 0.25) is 0 Å². The van der Waals surface area contributed by atoms with Gasteiger partial charge in [-0.1, -0.05) is 0 Å². The molecule has 18 heavy (non-hydrogen) atoms. The summed E-state index contributed by atoms with van der Waals surface area (Å²) in [5.74, 6) is 0. The lowest BCUT2D eigenvalue weighted by Gasteiger charge is -2.07. The molecule has 4 N–H and O–H groups in total. The highest BCUT2D eigenvalue weighted by Crippen LogP contribution is 2.15. The van der Waals surface area contributed by atoms with Crippen LogP contribution in [0, 0.1) is 0 Å². The molecule has 1 heterocycles. The average Bonchev–Trinajstić information content (AvgIpc) is 2.32. The summed E-state index contributed by atoms with van der Waals surface area (Å²) < 4.78 is 26.3. The normalized spacial score (nSPS) is 11.1. The molecule has 0 spiro atoms. The molecule has 0 amide bonds. The summed E-state index contributed by atoms with van der Waals surface area (Å²) in [6.45, 7) is 0. The molecule has 0 aliphatic rings. The number of sulfonamides is 1. The molecule has 0 saturated carbocycles. The fourth-order valence-electron chi connectivity index (χ4n) is 1.34. The van der Waals surface area contributed by atoms with Crippen LogP contribution in [-0.2, 0) is 10.0 Å². The maximum Gasteiger partial charge on any atom is 0.261 e. The van der Waals surface area contributed by atoms with Gasteiger partial charge in [-0.25, -0.2) is 8.42 Å². The van der Waals surface area contributed by atoms with Gasteiger partial charge in [0.15, 0.2) is 0 Å². The number of benzene rings is 1. The van der Waals surface area contributed by atoms with Gasteiger partial charge in [-0.15, -0.1) is 0 Å². The summed E-state index contributed by atoms with van der Waals surface area (Å²) in [6.07, 6.45) is 1.29. The van der Waals surface area contributed by atoms with Crippen molar-refractivity contribution in [2.75, 3.05) is 10.5 Å². The standard InChI is InChI=1S/C11H11N3O3S/c12-8-1-4-10(5-2-8)18(16,17)14-9-3-6-11(15)13-7-9/h1-7,14H,12H2,(H,13,15). The van der Waals surface area contributed by atoms with E-state index < -0.39 is 10.0 Å². The van der Waals surface area contributed by atoms with E-state index in [4.69, 9.17) is 5.73 Å². The minimum atomic E-state index is -3.67. The lowest BCUT2D eigenvalue weighted by atomic mass is 10.3. The lowest BCUT2D eigenvalue weighted by molar-refractivity contribution is 0.601. The van der Waals surface area contributed by atoms with Gasteiger partial charge in [-0.2, -0.15) is 0 Å². The Labute approximate surface area is 104 Å². The van der Waals surface area contributed by atoms with Crippen molar-refractivity contribution >= 4 is 21.4 Å². The number of nitrogens with two attached hydrogens (primary N) is 1. The molecule has 2 aromatic rings. The van der Waals surface area contributed by atoms with Crippen LogP contribution in [0.25, 0.3) is 0 Å². The third-order valence-electron chi connectivity index (χ3n) is 2.23. The maximum atomic E-state index is 12.0. The fraction of sp³-hybridized carbons (Fsp3) is 0. The summed E-state index contributed by atoms with van der Waals surface area (Å²) >= 11 is 0. The average molecular weight is 265 g/mol. The Hall–Kier alpha value is -2.28. The SMILES string of the molecule is Nc1ccc(S(=O)(=O)Nc2ccc(=O)[nH]c2)cc1. The number of aromatic nitrogens is 1. The number of pyridine rings is 1. The van der Waals surface area contributed by atoms with Crippen molar-refractivity contribution in [3.05, 3.63) is 52.9 Å². The number of rotatable bonds is 3. The Morgan fingerprint density at radius 3 is 2.28 bits per heavy atom. The minimum absolute atomic E-state index is 0.0999. The topological polar surface area (TPSA) is 105 Å². The highest BCUT2D eigenvalue weighted by molar-refractivity contribution is 7.92. The smallest absolute Gasteiger partial charge is 0.261 e. The number of H-pyrrole nitrogens is 1. The van der Waals surface area contributed by atoms with Crippen LogP contribution >= 0.6 is 0 Å². The van der Waals surface area contributed by atoms with Crippen molar-refractivity contribution in [3.8, 4) is 0 Å². The quantitative estimate of drug-likeness (QED) is 0.712. The first kappa shape index (κ1) is 12.2. The first-order valence-corrected chi connectivity index (χ1v) is 6.53. The second-order valence-electron chi connectivity index (χ2n) is 3.62. The van der Waals surface area contributed by atoms with Crippen molar-refractivity contribution in [2.45, 2.75) is 4.90 Å². The van der Waals surface area contributed by atoms with E-state index in [1.807, 2.05) is 0 Å². The number of aromatic amines is 1. The van der Waals surface area contributed by atoms with E-state index in [-0.39, 0.29) is 16.1 Å². The van der Waals surface area contributed by atoms with Gasteiger partial charge in [0.2, 0.25) is 5.56 Å². The van der Waals surface area contributed by atoms with Gasteiger partial charge in [-0.3, -0.25) is 9.52 Å². The van der Waals surface area contributed by atoms with Crippen LogP contribution in [0.5, 0.6) is 0 Å². The summed E-state index contributed by atoms with van der Waals surface area (Å²) in [5, 5.41) is 0. The molecule has 0 radical (unpaired) electrons. The highest BCUT2D eigenvalue weighted by atomic mass is 32.2. The highest BCUT2D eigenvalue weighted by Gasteiger charge is 2.13. The molecule has 1 aromatic heterocycles. The van der Waals surface area contributed by atoms with Gasteiger partial charge in [-0.05, 0) is 30.3 Å². The van der Waals surface area contributed by atoms with Gasteiger partial charge >= 0.3 is 0 Å². The van der Waals surface area contributed by atoms with Crippen molar-refractivity contribution in [1.29, 1.82) is 0 Å². The largest absolute Gasteiger partial charge is 0.399 e. The van der Waals surface area contributed by atoms with Gasteiger partial charge in [0.05, 0.1) is 10.6 Å². The predicted molar refractivity (Wildman–Crippen MR) is 68.7 cm³/mol. The Kier molecular flexibility index (Phi) is 3.07. The van der Waals surface area contributed by atoms with Crippen LogP contribution < -0.4 is 16.0 Å². The summed E-state index contributed by atoms with van der Waals surface area (Å²) in [5.41, 5.74) is 5.95. The molecule has 0 atom stereocenters. The molecular formula is C11H11N3O3S. The Bertz CT molecular complexity index is 685. The molecule has 0 aliphatic carbocycles. The summed E-state index contributed by atoms with van der Waals surface area (Å²) in [4.78, 5) is 13.3. The second-order valence-corrected chi connectivity index (χ2v) is 5.30. The first-order chi connectivity index (χ1) is 8.47. The number of nitrogen functional groups attached to an aromatic ring is 1. The Morgan fingerprint density at radius 2 is 1.72 bits per heavy atom. The first-order valence-electron chi connectivity index (χ1n) is 5.04. The molecule has 94 valence electrons. The van der Waals surface area contributed by atoms with Gasteiger partial charge in [0, 0.05) is 18.0 Å². The van der Waals surface area contributed by atoms with Gasteiger partial charge in [0.25, 0.3) is 10.0 Å². The van der Waals surface area contributed by atoms with Crippen LogP contribution in [0.1, 0.15) is 0 Å². The zero-order valence-corrected chi connectivity index (χ0v) is 10.1. The van der Waals surface area contributed by atoms with Crippen LogP contribution in [0.3, 0.4) is 0 Å². The van der Waals surface area contributed by atoms with Crippen molar-refractivity contribution in [1.82, 2.24) is 4.98 Å². The molecule has 2 rings (SSSR count). The van der Waals surface area contributed by atoms with Crippen molar-refractivity contribution in [2.24, 2.45) is 0 Å². The zero-order valence-electron chi connectivity index (χ0n) is 9.25. The molecule has 0 fully saturated rings. The molecule has 6 nitrogen and oxygen atoms in total. The predicted octanol–water partition coefficient (Wildman–Crippen LogP) is 0.758. The van der Waals surface area contributed by atoms with Crippen LogP contribution in [-0.4, -0.2) is 13.4 Å². The van der Waals surface area contributed by atoms with Crippen molar-refractivity contribution < 1.29 is 8.42 Å². The minimum Gasteiger partial charge on any atom is -0.399 e. The van der Waals surface area contributed by atoms with E-state index in [0.29, 0.717) is 5.69 Å². The van der Waals surface area contributed by atoms with E-state index in [1.165, 1.54) is 42.6 Å². The summed E-state index contributed by atoms with van der Waals surface area (Å²) in [6, 6.07) is 8.43. The van der Waals surface area contributed by atoms with E-state index in [2.05, 4.69) is 9.71 Å². The molecule has 0 aliphatic heterocycles. The molecular weight excluding hydrogens is 254 g/mol. The molecule has 1 aromatic carbocycles. The molecule has 0 bridgehead atoms. The van der Waals surface area contributed by atoms with E-state index in [0.717, 1.165) is 0 Å². The monoisotopic (exact) mass is 265 g/mol. The summed E-state index contributed by atoms with van der Waals surface area (Å²) in [7, 11) is -3.67. The Balaban J connectivity index is 2.29. The lowest BCUT2D eigenvalue weighted by Crippen LogP contribution is -2.14. The molecule has 7 heteroatoms. The van der Waals surface area contributed by atoms with Gasteiger partial charge in [0.1, 0.15) is 0 Å². The third-order valence-corrected chi connectivity index (χ3v) is 3.62. The molecule has 0 unspecified atom stereocenters. The molecule has 0 saturated heterocycles. The fourth-order valence-corrected chi connectivity index (χ4v) is 2.38. The van der Waals surface area contributed by atoms with E-state index in [9.17, 15) is 13.2 Å². The van der Waals surface area contributed by atoms with Crippen LogP contribution in [0.15, 0.2) is 52.3 Å². The van der Waals surface area contributed by atoms with E-state index in [1.54, 1.807) is 0 Å². The van der Waals surface area contributed by atoms with Crippen molar-refractivity contribution in [3.63, 3.8) is 0 Å². The third kappa shape index (κ3) is 2.69. The Morgan fingerprint density at radius 1 is 1.06 bits per heavy atom. The zero-order chi connectivity index (χ0) is 13.2. The van der Waals surface area contributed by atoms with E-state index >= 15 is 0 Å². The van der Waals surface area contributed by atoms with Crippen LogP contribution in [0.4, 0.5) is 11.4 Å². The number of nitrogens with one attached hydrogen (secondary N) is 2. The number of anilines is 2. The maximum absolute atomic E-state index is 12.0. The second kappa shape index (κ2) is 4.53.